The predicted octanol–water partition coefficient (Wildman–Crippen LogP) is 3.07. The van der Waals surface area contributed by atoms with Crippen molar-refractivity contribution in [3.05, 3.63) is 42.6 Å². The zero-order valence-corrected chi connectivity index (χ0v) is 13.5. The lowest BCUT2D eigenvalue weighted by Gasteiger charge is -2.17. The van der Waals surface area contributed by atoms with Crippen LogP contribution < -0.4 is 4.74 Å². The van der Waals surface area contributed by atoms with Crippen molar-refractivity contribution in [2.24, 2.45) is 0 Å². The average molecular weight is 316 g/mol. The summed E-state index contributed by atoms with van der Waals surface area (Å²) in [4.78, 5) is 16.2. The van der Waals surface area contributed by atoms with Crippen LogP contribution in [0.4, 0.5) is 0 Å². The Hall–Kier alpha value is -2.27. The molecule has 0 amide bonds. The average Bonchev–Trinajstić information content (AvgIpc) is 2.93. The second-order valence-electron chi connectivity index (χ2n) is 5.45. The summed E-state index contributed by atoms with van der Waals surface area (Å²) in [5.41, 5.74) is 2.31. The molecule has 23 heavy (non-hydrogen) atoms. The van der Waals surface area contributed by atoms with Crippen molar-refractivity contribution in [1.82, 2.24) is 9.88 Å². The number of ether oxygens (including phenoxy) is 1. The van der Waals surface area contributed by atoms with Crippen LogP contribution in [0.25, 0.3) is 10.9 Å². The molecule has 5 heteroatoms. The van der Waals surface area contributed by atoms with Crippen LogP contribution in [0.2, 0.25) is 0 Å². The first-order valence-corrected chi connectivity index (χ1v) is 7.92. The van der Waals surface area contributed by atoms with E-state index in [0.717, 1.165) is 37.0 Å². The molecule has 0 unspecified atom stereocenters. The first-order valence-electron chi connectivity index (χ1n) is 7.92. The van der Waals surface area contributed by atoms with Crippen LogP contribution in [0, 0.1) is 0 Å². The summed E-state index contributed by atoms with van der Waals surface area (Å²) in [5.74, 6) is -0.145. The Labute approximate surface area is 136 Å². The molecule has 5 nitrogen and oxygen atoms in total. The van der Waals surface area contributed by atoms with Crippen LogP contribution in [-0.4, -0.2) is 47.2 Å². The minimum absolute atomic E-state index is 0.00500. The number of aliphatic carboxylic acids is 1. The molecule has 1 aromatic heterocycles. The van der Waals surface area contributed by atoms with Crippen molar-refractivity contribution < 1.29 is 14.6 Å². The minimum Gasteiger partial charge on any atom is -0.493 e. The normalized spacial score (nSPS) is 11.0. The topological polar surface area (TPSA) is 65.6 Å². The molecule has 0 radical (unpaired) electrons. The van der Waals surface area contributed by atoms with Gasteiger partial charge >= 0.3 is 5.97 Å². The van der Waals surface area contributed by atoms with Gasteiger partial charge in [-0.2, -0.15) is 0 Å². The number of nitrogens with zero attached hydrogens (tertiary/aromatic N) is 1. The number of rotatable bonds is 10. The predicted molar refractivity (Wildman–Crippen MR) is 92.1 cm³/mol. The van der Waals surface area contributed by atoms with Gasteiger partial charge in [-0.1, -0.05) is 13.0 Å². The van der Waals surface area contributed by atoms with Gasteiger partial charge in [0.1, 0.15) is 5.75 Å². The highest BCUT2D eigenvalue weighted by Gasteiger charge is 2.08. The van der Waals surface area contributed by atoms with Gasteiger partial charge in [0, 0.05) is 30.2 Å². The molecule has 2 aromatic rings. The highest BCUT2D eigenvalue weighted by molar-refractivity contribution is 5.84. The van der Waals surface area contributed by atoms with Crippen LogP contribution in [0.3, 0.4) is 0 Å². The summed E-state index contributed by atoms with van der Waals surface area (Å²) in [6.45, 7) is 8.98. The molecule has 0 fully saturated rings. The van der Waals surface area contributed by atoms with Gasteiger partial charge in [0.2, 0.25) is 0 Å². The molecule has 0 atom stereocenters. The highest BCUT2D eigenvalue weighted by Crippen LogP contribution is 2.24. The maximum atomic E-state index is 10.5. The number of hydrogen-bond donors (Lipinski definition) is 2. The molecule has 1 heterocycles. The summed E-state index contributed by atoms with van der Waals surface area (Å²) in [6.07, 6.45) is 4.91. The first-order chi connectivity index (χ1) is 11.1. The van der Waals surface area contributed by atoms with Crippen molar-refractivity contribution in [2.75, 3.05) is 26.2 Å². The maximum Gasteiger partial charge on any atom is 0.306 e. The molecular formula is C18H24N2O3. The lowest BCUT2D eigenvalue weighted by molar-refractivity contribution is -0.137. The monoisotopic (exact) mass is 316 g/mol. The van der Waals surface area contributed by atoms with E-state index in [0.29, 0.717) is 5.75 Å². The third-order valence-electron chi connectivity index (χ3n) is 3.86. The van der Waals surface area contributed by atoms with E-state index in [1.807, 2.05) is 30.5 Å². The Balaban J connectivity index is 2.05. The quantitative estimate of drug-likeness (QED) is 0.661. The van der Waals surface area contributed by atoms with Crippen LogP contribution >= 0.6 is 0 Å². The number of aromatic amines is 1. The molecule has 2 N–H and O–H groups in total. The second kappa shape index (κ2) is 8.39. The highest BCUT2D eigenvalue weighted by atomic mass is 16.5. The molecule has 1 aromatic carbocycles. The van der Waals surface area contributed by atoms with E-state index in [2.05, 4.69) is 23.4 Å². The van der Waals surface area contributed by atoms with Gasteiger partial charge in [-0.05, 0) is 36.7 Å². The lowest BCUT2D eigenvalue weighted by Crippen LogP contribution is -2.25. The summed E-state index contributed by atoms with van der Waals surface area (Å²) in [7, 11) is 0. The fraction of sp³-hybridized carbons (Fsp3) is 0.389. The zero-order chi connectivity index (χ0) is 16.7. The summed E-state index contributed by atoms with van der Waals surface area (Å²) < 4.78 is 5.52. The molecule has 124 valence electrons. The molecule has 0 spiro atoms. The number of benzene rings is 1. The molecule has 0 saturated heterocycles. The zero-order valence-electron chi connectivity index (χ0n) is 13.5. The van der Waals surface area contributed by atoms with Crippen molar-refractivity contribution in [3.63, 3.8) is 0 Å². The molecular weight excluding hydrogens is 292 g/mol. The fourth-order valence-electron chi connectivity index (χ4n) is 2.55. The summed E-state index contributed by atoms with van der Waals surface area (Å²) >= 11 is 0. The van der Waals surface area contributed by atoms with E-state index < -0.39 is 5.97 Å². The van der Waals surface area contributed by atoms with Crippen LogP contribution in [0.1, 0.15) is 18.9 Å². The summed E-state index contributed by atoms with van der Waals surface area (Å²) in [6, 6.07) is 5.81. The number of fused-ring (bicyclic) bond motifs is 1. The Morgan fingerprint density at radius 3 is 3.00 bits per heavy atom. The largest absolute Gasteiger partial charge is 0.493 e. The number of aromatic nitrogens is 1. The standard InChI is InChI=1S/C18H24N2O3/c1-3-9-20(4-2)10-7-14-13-19-17-6-5-15(12-16(14)17)23-11-8-18(21)22/h3,5-6,12-13,19H,1,4,7-11H2,2H3,(H,21,22). The van der Waals surface area contributed by atoms with E-state index in [4.69, 9.17) is 9.84 Å². The summed E-state index contributed by atoms with van der Waals surface area (Å²) in [5, 5.41) is 9.80. The van der Waals surface area contributed by atoms with Gasteiger partial charge in [0.25, 0.3) is 0 Å². The Bertz CT molecular complexity index is 663. The van der Waals surface area contributed by atoms with Crippen molar-refractivity contribution in [2.45, 2.75) is 19.8 Å². The van der Waals surface area contributed by atoms with Crippen molar-refractivity contribution in [3.8, 4) is 5.75 Å². The first kappa shape index (κ1) is 17.1. The number of carbonyl (C=O) groups is 1. The molecule has 0 aliphatic rings. The number of hydrogen-bond acceptors (Lipinski definition) is 3. The van der Waals surface area contributed by atoms with Gasteiger partial charge in [0.05, 0.1) is 13.0 Å². The number of likely N-dealkylation sites (N-methyl/N-ethyl adjacent to an activating group) is 1. The Kier molecular flexibility index (Phi) is 6.23. The number of carboxylic acids is 1. The van der Waals surface area contributed by atoms with Gasteiger partial charge in [-0.15, -0.1) is 6.58 Å². The SMILES string of the molecule is C=CCN(CC)CCc1c[nH]c2ccc(OCCC(=O)O)cc12. The maximum absolute atomic E-state index is 10.5. The van der Waals surface area contributed by atoms with Gasteiger partial charge in [-0.25, -0.2) is 0 Å². The molecule has 2 rings (SSSR count). The van der Waals surface area contributed by atoms with Crippen molar-refractivity contribution >= 4 is 16.9 Å². The van der Waals surface area contributed by atoms with Crippen LogP contribution in [0.5, 0.6) is 5.75 Å². The Morgan fingerprint density at radius 1 is 1.48 bits per heavy atom. The van der Waals surface area contributed by atoms with E-state index in [1.54, 1.807) is 0 Å². The minimum atomic E-state index is -0.852. The molecule has 0 saturated carbocycles. The lowest BCUT2D eigenvalue weighted by atomic mass is 10.1. The number of carboxylic acid groups (broad SMARTS) is 1. The number of nitrogens with one attached hydrogen (secondary N) is 1. The van der Waals surface area contributed by atoms with Crippen LogP contribution in [0.15, 0.2) is 37.1 Å². The third kappa shape index (κ3) is 4.86. The van der Waals surface area contributed by atoms with Crippen molar-refractivity contribution in [1.29, 1.82) is 0 Å². The molecule has 0 bridgehead atoms. The molecule has 0 aliphatic carbocycles. The van der Waals surface area contributed by atoms with Gasteiger partial charge < -0.3 is 14.8 Å². The number of H-pyrrole nitrogens is 1. The third-order valence-corrected chi connectivity index (χ3v) is 3.86. The Morgan fingerprint density at radius 2 is 2.30 bits per heavy atom. The fourth-order valence-corrected chi connectivity index (χ4v) is 2.55. The van der Waals surface area contributed by atoms with E-state index >= 15 is 0 Å². The van der Waals surface area contributed by atoms with E-state index in [9.17, 15) is 4.79 Å². The molecule has 0 aliphatic heterocycles. The second-order valence-corrected chi connectivity index (χ2v) is 5.45. The van der Waals surface area contributed by atoms with Gasteiger partial charge in [0.15, 0.2) is 0 Å². The van der Waals surface area contributed by atoms with Crippen LogP contribution in [-0.2, 0) is 11.2 Å². The van der Waals surface area contributed by atoms with E-state index in [1.165, 1.54) is 5.56 Å². The van der Waals surface area contributed by atoms with Gasteiger partial charge in [-0.3, -0.25) is 9.69 Å². The van der Waals surface area contributed by atoms with E-state index in [-0.39, 0.29) is 13.0 Å². The smallest absolute Gasteiger partial charge is 0.306 e.